The smallest absolute Gasteiger partial charge is 0.259 e. The van der Waals surface area contributed by atoms with E-state index >= 15 is 0 Å². The van der Waals surface area contributed by atoms with Crippen molar-refractivity contribution in [3.05, 3.63) is 95.1 Å². The summed E-state index contributed by atoms with van der Waals surface area (Å²) >= 11 is 0. The first-order valence-corrected chi connectivity index (χ1v) is 16.6. The Morgan fingerprint density at radius 3 is 2.25 bits per heavy atom. The second-order valence-electron chi connectivity index (χ2n) is 12.4. The molecule has 2 amide bonds. The summed E-state index contributed by atoms with van der Waals surface area (Å²) in [4.78, 5) is 31.6. The zero-order valence-corrected chi connectivity index (χ0v) is 27.2. The zero-order valence-electron chi connectivity index (χ0n) is 27.2. The van der Waals surface area contributed by atoms with Gasteiger partial charge in [0.05, 0.1) is 12.2 Å². The predicted molar refractivity (Wildman–Crippen MR) is 180 cm³/mol. The Morgan fingerprint density at radius 1 is 0.909 bits per heavy atom. The lowest BCUT2D eigenvalue weighted by Crippen LogP contribution is -2.47. The minimum atomic E-state index is -0.207. The van der Waals surface area contributed by atoms with Crippen LogP contribution in [0.3, 0.4) is 0 Å². The maximum atomic E-state index is 14.0. The van der Waals surface area contributed by atoms with Crippen LogP contribution in [0.4, 0.5) is 5.69 Å². The number of likely N-dealkylation sites (tertiary alicyclic amines) is 1. The van der Waals surface area contributed by atoms with E-state index in [1.54, 1.807) is 6.07 Å². The Kier molecular flexibility index (Phi) is 12.9. The standard InChI is InChI=1S/C38H51N3O3/c1-5-7-8-11-30-14-18-32(19-15-30)38(43)41(34-23-26-40(27-24-34)25-22-29(3)4)28-31-16-20-33(21-17-31)39-37(42)35-12-9-10-13-36(35)44-6-2/h9-10,12-21,29,34H,5-8,11,22-28H2,1-4H3,(H,39,42). The van der Waals surface area contributed by atoms with Crippen molar-refractivity contribution < 1.29 is 14.3 Å². The molecule has 1 fully saturated rings. The topological polar surface area (TPSA) is 61.9 Å². The largest absolute Gasteiger partial charge is 0.493 e. The number of unbranched alkanes of at least 4 members (excludes halogenated alkanes) is 2. The highest BCUT2D eigenvalue weighted by Gasteiger charge is 2.29. The minimum Gasteiger partial charge on any atom is -0.493 e. The number of rotatable bonds is 15. The molecule has 1 aliphatic rings. The first-order valence-electron chi connectivity index (χ1n) is 16.6. The zero-order chi connectivity index (χ0) is 31.3. The van der Waals surface area contributed by atoms with Crippen LogP contribution in [0.25, 0.3) is 0 Å². The number of piperidine rings is 1. The van der Waals surface area contributed by atoms with Crippen LogP contribution in [0.1, 0.15) is 98.1 Å². The van der Waals surface area contributed by atoms with Crippen molar-refractivity contribution in [2.45, 2.75) is 85.2 Å². The van der Waals surface area contributed by atoms with E-state index in [0.29, 0.717) is 36.1 Å². The van der Waals surface area contributed by atoms with E-state index in [0.717, 1.165) is 50.0 Å². The first-order chi connectivity index (χ1) is 21.4. The molecule has 4 rings (SSSR count). The maximum absolute atomic E-state index is 14.0. The van der Waals surface area contributed by atoms with Gasteiger partial charge in [-0.1, -0.05) is 70.0 Å². The highest BCUT2D eigenvalue weighted by atomic mass is 16.5. The quantitative estimate of drug-likeness (QED) is 0.179. The Bertz CT molecular complexity index is 1310. The Labute approximate surface area is 264 Å². The second kappa shape index (κ2) is 17.0. The third-order valence-electron chi connectivity index (χ3n) is 8.55. The Balaban J connectivity index is 1.46. The molecule has 236 valence electrons. The van der Waals surface area contributed by atoms with E-state index in [2.05, 4.69) is 48.0 Å². The van der Waals surface area contributed by atoms with Crippen molar-refractivity contribution in [1.29, 1.82) is 0 Å². The van der Waals surface area contributed by atoms with Crippen LogP contribution in [-0.2, 0) is 13.0 Å². The van der Waals surface area contributed by atoms with Crippen molar-refractivity contribution in [2.75, 3.05) is 31.6 Å². The number of carbonyl (C=O) groups is 2. The summed E-state index contributed by atoms with van der Waals surface area (Å²) < 4.78 is 5.63. The predicted octanol–water partition coefficient (Wildman–Crippen LogP) is 8.22. The molecule has 0 atom stereocenters. The third kappa shape index (κ3) is 9.68. The molecular weight excluding hydrogens is 546 g/mol. The van der Waals surface area contributed by atoms with Gasteiger partial charge in [-0.15, -0.1) is 0 Å². The third-order valence-corrected chi connectivity index (χ3v) is 8.55. The highest BCUT2D eigenvalue weighted by Crippen LogP contribution is 2.24. The number of nitrogens with one attached hydrogen (secondary N) is 1. The monoisotopic (exact) mass is 597 g/mol. The van der Waals surface area contributed by atoms with Crippen LogP contribution in [0, 0.1) is 5.92 Å². The number of aryl methyl sites for hydroxylation is 1. The molecule has 3 aromatic carbocycles. The summed E-state index contributed by atoms with van der Waals surface area (Å²) in [6, 6.07) is 23.6. The molecule has 0 saturated carbocycles. The number of nitrogens with zero attached hydrogens (tertiary/aromatic N) is 2. The molecular formula is C38H51N3O3. The average molecular weight is 598 g/mol. The number of amides is 2. The van der Waals surface area contributed by atoms with Crippen molar-refractivity contribution in [2.24, 2.45) is 5.92 Å². The molecule has 1 heterocycles. The molecule has 0 unspecified atom stereocenters. The van der Waals surface area contributed by atoms with E-state index in [-0.39, 0.29) is 17.9 Å². The number of para-hydroxylation sites is 1. The van der Waals surface area contributed by atoms with Crippen LogP contribution in [0.2, 0.25) is 0 Å². The average Bonchev–Trinajstić information content (AvgIpc) is 3.04. The first kappa shape index (κ1) is 33.3. The van der Waals surface area contributed by atoms with E-state index in [1.165, 1.54) is 31.2 Å². The Hall–Kier alpha value is -3.64. The van der Waals surface area contributed by atoms with Gasteiger partial charge in [-0.25, -0.2) is 0 Å². The van der Waals surface area contributed by atoms with Gasteiger partial charge in [-0.05, 0) is 99.0 Å². The van der Waals surface area contributed by atoms with E-state index < -0.39 is 0 Å². The molecule has 1 N–H and O–H groups in total. The Morgan fingerprint density at radius 2 is 1.59 bits per heavy atom. The van der Waals surface area contributed by atoms with Gasteiger partial charge in [-0.3, -0.25) is 9.59 Å². The minimum absolute atomic E-state index is 0.0932. The van der Waals surface area contributed by atoms with Crippen LogP contribution < -0.4 is 10.1 Å². The van der Waals surface area contributed by atoms with Crippen LogP contribution in [0.15, 0.2) is 72.8 Å². The summed E-state index contributed by atoms with van der Waals surface area (Å²) in [7, 11) is 0. The van der Waals surface area contributed by atoms with Gasteiger partial charge < -0.3 is 19.9 Å². The molecule has 0 aliphatic carbocycles. The number of carbonyl (C=O) groups excluding carboxylic acids is 2. The fourth-order valence-electron chi connectivity index (χ4n) is 5.85. The van der Waals surface area contributed by atoms with Gasteiger partial charge in [0.2, 0.25) is 0 Å². The van der Waals surface area contributed by atoms with Gasteiger partial charge in [0, 0.05) is 36.9 Å². The van der Waals surface area contributed by atoms with Gasteiger partial charge in [0.25, 0.3) is 11.8 Å². The summed E-state index contributed by atoms with van der Waals surface area (Å²) in [6.45, 7) is 12.9. The summed E-state index contributed by atoms with van der Waals surface area (Å²) in [5.74, 6) is 1.15. The lowest BCUT2D eigenvalue weighted by atomic mass is 9.99. The van der Waals surface area contributed by atoms with Crippen LogP contribution >= 0.6 is 0 Å². The molecule has 0 bridgehead atoms. The molecule has 0 spiro atoms. The van der Waals surface area contributed by atoms with Crippen LogP contribution in [0.5, 0.6) is 5.75 Å². The van der Waals surface area contributed by atoms with Crippen molar-refractivity contribution in [1.82, 2.24) is 9.80 Å². The lowest BCUT2D eigenvalue weighted by molar-refractivity contribution is 0.0546. The molecule has 6 heteroatoms. The summed E-state index contributed by atoms with van der Waals surface area (Å²) in [6.07, 6.45) is 7.84. The number of anilines is 1. The fourth-order valence-corrected chi connectivity index (χ4v) is 5.85. The SMILES string of the molecule is CCCCCc1ccc(C(=O)N(Cc2ccc(NC(=O)c3ccccc3OCC)cc2)C2CCN(CCC(C)C)CC2)cc1. The van der Waals surface area contributed by atoms with Gasteiger partial charge in [-0.2, -0.15) is 0 Å². The number of benzene rings is 3. The number of ether oxygens (including phenoxy) is 1. The summed E-state index contributed by atoms with van der Waals surface area (Å²) in [5, 5.41) is 2.99. The molecule has 6 nitrogen and oxygen atoms in total. The van der Waals surface area contributed by atoms with E-state index in [4.69, 9.17) is 4.74 Å². The maximum Gasteiger partial charge on any atom is 0.259 e. The lowest BCUT2D eigenvalue weighted by Gasteiger charge is -2.39. The summed E-state index contributed by atoms with van der Waals surface area (Å²) in [5.41, 5.74) is 4.31. The molecule has 44 heavy (non-hydrogen) atoms. The second-order valence-corrected chi connectivity index (χ2v) is 12.4. The van der Waals surface area contributed by atoms with Gasteiger partial charge in [0.15, 0.2) is 0 Å². The molecule has 0 radical (unpaired) electrons. The number of hydrogen-bond donors (Lipinski definition) is 1. The van der Waals surface area contributed by atoms with Crippen molar-refractivity contribution in [3.8, 4) is 5.75 Å². The molecule has 1 aliphatic heterocycles. The van der Waals surface area contributed by atoms with E-state index in [9.17, 15) is 9.59 Å². The molecule has 0 aromatic heterocycles. The normalized spacial score (nSPS) is 14.0. The van der Waals surface area contributed by atoms with Gasteiger partial charge >= 0.3 is 0 Å². The molecule has 3 aromatic rings. The van der Waals surface area contributed by atoms with Crippen molar-refractivity contribution >= 4 is 17.5 Å². The molecule has 1 saturated heterocycles. The van der Waals surface area contributed by atoms with Crippen molar-refractivity contribution in [3.63, 3.8) is 0 Å². The van der Waals surface area contributed by atoms with Gasteiger partial charge in [0.1, 0.15) is 5.75 Å². The fraction of sp³-hybridized carbons (Fsp3) is 0.474. The number of hydrogen-bond acceptors (Lipinski definition) is 4. The van der Waals surface area contributed by atoms with E-state index in [1.807, 2.05) is 61.5 Å². The highest BCUT2D eigenvalue weighted by molar-refractivity contribution is 6.06. The van der Waals surface area contributed by atoms with Crippen LogP contribution in [-0.4, -0.2) is 53.9 Å².